The summed E-state index contributed by atoms with van der Waals surface area (Å²) in [5, 5.41) is 9.32. The van der Waals surface area contributed by atoms with Crippen molar-refractivity contribution >= 4 is 29.1 Å². The third-order valence-corrected chi connectivity index (χ3v) is 4.42. The Morgan fingerprint density at radius 2 is 1.57 bits per heavy atom. The third kappa shape index (κ3) is 4.68. The molecule has 0 fully saturated rings. The molecule has 0 aliphatic rings. The van der Waals surface area contributed by atoms with Crippen molar-refractivity contribution in [2.24, 2.45) is 0 Å². The molecule has 5 nitrogen and oxygen atoms in total. The minimum atomic E-state index is -0.652. The van der Waals surface area contributed by atoms with Gasteiger partial charge < -0.3 is 14.4 Å². The number of nitriles is 1. The summed E-state index contributed by atoms with van der Waals surface area (Å²) >= 11 is 0. The van der Waals surface area contributed by atoms with Gasteiger partial charge >= 0.3 is 5.97 Å². The number of esters is 1. The molecule has 0 bridgehead atoms. The van der Waals surface area contributed by atoms with E-state index < -0.39 is 5.97 Å². The monoisotopic (exact) mass is 398 g/mol. The molecule has 0 amide bonds. The van der Waals surface area contributed by atoms with Gasteiger partial charge in [-0.05, 0) is 49.4 Å². The van der Waals surface area contributed by atoms with Gasteiger partial charge in [0.15, 0.2) is 0 Å². The van der Waals surface area contributed by atoms with E-state index in [0.29, 0.717) is 11.3 Å². The topological polar surface area (TPSA) is 62.6 Å². The number of carbonyl (C=O) groups excluding carboxylic acids is 1. The fourth-order valence-electron chi connectivity index (χ4n) is 3.06. The van der Waals surface area contributed by atoms with Crippen LogP contribution in [0.3, 0.4) is 0 Å². The molecule has 0 aliphatic carbocycles. The average Bonchev–Trinajstić information content (AvgIpc) is 2.79. The van der Waals surface area contributed by atoms with E-state index in [4.69, 9.17) is 9.47 Å². The Hall–Kier alpha value is -4.04. The van der Waals surface area contributed by atoms with Gasteiger partial charge in [-0.1, -0.05) is 36.4 Å². The molecule has 3 aromatic carbocycles. The number of benzene rings is 3. The van der Waals surface area contributed by atoms with Crippen LogP contribution in [0.25, 0.3) is 6.08 Å². The summed E-state index contributed by atoms with van der Waals surface area (Å²) in [7, 11) is 1.56. The van der Waals surface area contributed by atoms with Crippen molar-refractivity contribution in [3.63, 3.8) is 0 Å². The second-order valence-electron chi connectivity index (χ2n) is 6.32. The molecule has 0 atom stereocenters. The number of rotatable bonds is 7. The maximum atomic E-state index is 12.0. The van der Waals surface area contributed by atoms with Crippen LogP contribution in [0, 0.1) is 11.3 Å². The highest BCUT2D eigenvalue weighted by molar-refractivity contribution is 5.98. The first-order chi connectivity index (χ1) is 14.7. The van der Waals surface area contributed by atoms with Crippen molar-refractivity contribution in [2.45, 2.75) is 6.92 Å². The van der Waals surface area contributed by atoms with E-state index in [2.05, 4.69) is 4.90 Å². The second-order valence-corrected chi connectivity index (χ2v) is 6.32. The average molecular weight is 398 g/mol. The number of hydrogen-bond acceptors (Lipinski definition) is 5. The van der Waals surface area contributed by atoms with Crippen molar-refractivity contribution in [3.8, 4) is 11.8 Å². The predicted octanol–water partition coefficient (Wildman–Crippen LogP) is 5.64. The Bertz CT molecular complexity index is 1030. The predicted molar refractivity (Wildman–Crippen MR) is 118 cm³/mol. The van der Waals surface area contributed by atoms with Crippen LogP contribution >= 0.6 is 0 Å². The molecule has 0 radical (unpaired) electrons. The summed E-state index contributed by atoms with van der Waals surface area (Å²) in [5.41, 5.74) is 3.42. The molecule has 0 aromatic heterocycles. The minimum Gasteiger partial charge on any atom is -0.496 e. The number of para-hydroxylation sites is 2. The molecular formula is C25H22N2O3. The van der Waals surface area contributed by atoms with Gasteiger partial charge in [-0.15, -0.1) is 0 Å². The lowest BCUT2D eigenvalue weighted by molar-refractivity contribution is -0.137. The number of nitrogens with zero attached hydrogens (tertiary/aromatic N) is 2. The van der Waals surface area contributed by atoms with Gasteiger partial charge in [0.2, 0.25) is 0 Å². The molecule has 30 heavy (non-hydrogen) atoms. The van der Waals surface area contributed by atoms with Gasteiger partial charge in [0.25, 0.3) is 0 Å². The van der Waals surface area contributed by atoms with Gasteiger partial charge in [-0.3, -0.25) is 0 Å². The van der Waals surface area contributed by atoms with Crippen LogP contribution in [0.4, 0.5) is 17.1 Å². The van der Waals surface area contributed by atoms with E-state index in [1.54, 1.807) is 14.0 Å². The van der Waals surface area contributed by atoms with E-state index in [-0.39, 0.29) is 12.2 Å². The normalized spacial score (nSPS) is 10.8. The van der Waals surface area contributed by atoms with E-state index in [0.717, 1.165) is 17.1 Å². The van der Waals surface area contributed by atoms with Crippen LogP contribution < -0.4 is 9.64 Å². The first-order valence-electron chi connectivity index (χ1n) is 9.55. The molecule has 0 N–H and O–H groups in total. The van der Waals surface area contributed by atoms with Gasteiger partial charge in [-0.25, -0.2) is 4.79 Å². The zero-order valence-electron chi connectivity index (χ0n) is 16.9. The zero-order chi connectivity index (χ0) is 21.3. The highest BCUT2D eigenvalue weighted by atomic mass is 16.5. The minimum absolute atomic E-state index is 0.0779. The largest absolute Gasteiger partial charge is 0.496 e. The van der Waals surface area contributed by atoms with Crippen molar-refractivity contribution in [3.05, 3.63) is 90.0 Å². The molecule has 0 unspecified atom stereocenters. The molecule has 0 saturated carbocycles. The van der Waals surface area contributed by atoms with Crippen molar-refractivity contribution < 1.29 is 14.3 Å². The summed E-state index contributed by atoms with van der Waals surface area (Å²) in [6.45, 7) is 1.90. The van der Waals surface area contributed by atoms with E-state index in [1.165, 1.54) is 6.08 Å². The molecular weight excluding hydrogens is 376 g/mol. The molecule has 3 rings (SSSR count). The van der Waals surface area contributed by atoms with Gasteiger partial charge in [0, 0.05) is 28.7 Å². The van der Waals surface area contributed by atoms with Crippen LogP contribution in [0.1, 0.15) is 12.5 Å². The van der Waals surface area contributed by atoms with Crippen LogP contribution in [-0.4, -0.2) is 19.7 Å². The van der Waals surface area contributed by atoms with Crippen LogP contribution in [0.5, 0.6) is 5.75 Å². The first kappa shape index (κ1) is 20.7. The molecule has 150 valence electrons. The second kappa shape index (κ2) is 9.94. The number of methoxy groups -OCH3 is 1. The summed E-state index contributed by atoms with van der Waals surface area (Å²) in [5.74, 6) is -0.109. The van der Waals surface area contributed by atoms with Crippen molar-refractivity contribution in [1.82, 2.24) is 0 Å². The standard InChI is InChI=1S/C25H22N2O3/c1-3-30-25(28)20(18-26)16-19-14-15-23(17-24(19)29-2)27(21-10-6-4-7-11-21)22-12-8-5-9-13-22/h4-17H,3H2,1-2H3. The van der Waals surface area contributed by atoms with E-state index >= 15 is 0 Å². The smallest absolute Gasteiger partial charge is 0.348 e. The van der Waals surface area contributed by atoms with Gasteiger partial charge in [-0.2, -0.15) is 5.26 Å². The van der Waals surface area contributed by atoms with Crippen LogP contribution in [0.2, 0.25) is 0 Å². The molecule has 0 spiro atoms. The summed E-state index contributed by atoms with van der Waals surface area (Å²) in [4.78, 5) is 14.1. The van der Waals surface area contributed by atoms with E-state index in [9.17, 15) is 10.1 Å². The number of carbonyl (C=O) groups is 1. The molecule has 3 aromatic rings. The molecule has 0 aliphatic heterocycles. The van der Waals surface area contributed by atoms with Gasteiger partial charge in [0.1, 0.15) is 17.4 Å². The lowest BCUT2D eigenvalue weighted by Crippen LogP contribution is -2.10. The fraction of sp³-hybridized carbons (Fsp3) is 0.120. The lowest BCUT2D eigenvalue weighted by atomic mass is 10.1. The SMILES string of the molecule is CCOC(=O)C(C#N)=Cc1ccc(N(c2ccccc2)c2ccccc2)cc1OC. The molecule has 5 heteroatoms. The Balaban J connectivity index is 2.07. The Kier molecular flexibility index (Phi) is 6.86. The Labute approximate surface area is 176 Å². The van der Waals surface area contributed by atoms with Crippen molar-refractivity contribution in [2.75, 3.05) is 18.6 Å². The summed E-state index contributed by atoms with van der Waals surface area (Å²) in [6.07, 6.45) is 1.48. The third-order valence-electron chi connectivity index (χ3n) is 4.42. The highest BCUT2D eigenvalue weighted by Gasteiger charge is 2.16. The maximum Gasteiger partial charge on any atom is 0.348 e. The van der Waals surface area contributed by atoms with Crippen LogP contribution in [0.15, 0.2) is 84.4 Å². The first-order valence-corrected chi connectivity index (χ1v) is 9.55. The Morgan fingerprint density at radius 3 is 2.07 bits per heavy atom. The Morgan fingerprint density at radius 1 is 0.967 bits per heavy atom. The maximum absolute atomic E-state index is 12.0. The van der Waals surface area contributed by atoms with Crippen LogP contribution in [-0.2, 0) is 9.53 Å². The lowest BCUT2D eigenvalue weighted by Gasteiger charge is -2.26. The number of ether oxygens (including phenoxy) is 2. The summed E-state index contributed by atoms with van der Waals surface area (Å²) in [6, 6.07) is 27.5. The molecule has 0 saturated heterocycles. The number of hydrogen-bond donors (Lipinski definition) is 0. The summed E-state index contributed by atoms with van der Waals surface area (Å²) < 4.78 is 10.5. The quantitative estimate of drug-likeness (QED) is 0.293. The van der Waals surface area contributed by atoms with E-state index in [1.807, 2.05) is 84.9 Å². The fourth-order valence-corrected chi connectivity index (χ4v) is 3.06. The zero-order valence-corrected chi connectivity index (χ0v) is 16.9. The highest BCUT2D eigenvalue weighted by Crippen LogP contribution is 2.37. The van der Waals surface area contributed by atoms with Gasteiger partial charge in [0.05, 0.1) is 13.7 Å². The van der Waals surface area contributed by atoms with Crippen molar-refractivity contribution in [1.29, 1.82) is 5.26 Å². The molecule has 0 heterocycles. The number of anilines is 3.